The molecule has 1 N–H and O–H groups in total. The van der Waals surface area contributed by atoms with Crippen LogP contribution < -0.4 is 5.32 Å². The number of carbonyl (C=O) groups is 2. The fourth-order valence-corrected chi connectivity index (χ4v) is 6.64. The van der Waals surface area contributed by atoms with E-state index in [1.807, 2.05) is 0 Å². The molecule has 0 atom stereocenters. The number of hydrogen-bond donors (Lipinski definition) is 1. The quantitative estimate of drug-likeness (QED) is 0.352. The summed E-state index contributed by atoms with van der Waals surface area (Å²) in [7, 11) is -5.94. The van der Waals surface area contributed by atoms with Crippen LogP contribution in [0.15, 0.2) is 24.3 Å². The second-order valence-electron chi connectivity index (χ2n) is 9.35. The van der Waals surface area contributed by atoms with Crippen molar-refractivity contribution in [3.8, 4) is 0 Å². The van der Waals surface area contributed by atoms with E-state index in [1.165, 1.54) is 0 Å². The fourth-order valence-electron chi connectivity index (χ4n) is 5.95. The van der Waals surface area contributed by atoms with Gasteiger partial charge in [0.05, 0.1) is 5.56 Å². The molecular weight excluding hydrogens is 473 g/mol. The van der Waals surface area contributed by atoms with Gasteiger partial charge in [-0.05, 0) is 62.3 Å². The van der Waals surface area contributed by atoms with Gasteiger partial charge in [0.25, 0.3) is 0 Å². The number of ketones is 1. The van der Waals surface area contributed by atoms with Crippen LogP contribution in [0.25, 0.3) is 0 Å². The van der Waals surface area contributed by atoms with E-state index < -0.39 is 56.5 Å². The van der Waals surface area contributed by atoms with Crippen molar-refractivity contribution in [1.82, 2.24) is 5.32 Å². The molecule has 0 saturated heterocycles. The van der Waals surface area contributed by atoms with Crippen LogP contribution in [-0.2, 0) is 25.3 Å². The van der Waals surface area contributed by atoms with Crippen LogP contribution >= 0.6 is 0 Å². The predicted molar refractivity (Wildman–Crippen MR) is 105 cm³/mol. The lowest BCUT2D eigenvalue weighted by atomic mass is 9.53. The number of carbonyl (C=O) groups excluding carboxylic acids is 2. The van der Waals surface area contributed by atoms with Crippen molar-refractivity contribution in [2.45, 2.75) is 55.5 Å². The maximum absolute atomic E-state index is 14.6. The highest BCUT2D eigenvalue weighted by atomic mass is 32.2. The molecule has 6 nitrogen and oxygen atoms in total. The van der Waals surface area contributed by atoms with Crippen molar-refractivity contribution in [3.05, 3.63) is 35.4 Å². The highest BCUT2D eigenvalue weighted by Gasteiger charge is 2.59. The van der Waals surface area contributed by atoms with Crippen LogP contribution in [0.2, 0.25) is 0 Å². The van der Waals surface area contributed by atoms with Crippen LogP contribution in [0.1, 0.15) is 54.4 Å². The summed E-state index contributed by atoms with van der Waals surface area (Å²) < 4.78 is 96.6. The van der Waals surface area contributed by atoms with E-state index in [2.05, 4.69) is 9.50 Å². The summed E-state index contributed by atoms with van der Waals surface area (Å²) in [5.41, 5.74) is -3.18. The number of hydrogen-bond acceptors (Lipinski definition) is 5. The van der Waals surface area contributed by atoms with Crippen LogP contribution in [0.4, 0.5) is 22.0 Å². The van der Waals surface area contributed by atoms with Gasteiger partial charge in [-0.25, -0.2) is 0 Å². The Kier molecular flexibility index (Phi) is 5.83. The first-order chi connectivity index (χ1) is 15.2. The molecule has 1 aromatic rings. The number of halogens is 5. The molecular formula is C21H22F5NO5S. The van der Waals surface area contributed by atoms with Crippen molar-refractivity contribution < 1.29 is 44.1 Å². The van der Waals surface area contributed by atoms with E-state index in [-0.39, 0.29) is 0 Å². The molecule has 182 valence electrons. The van der Waals surface area contributed by atoms with E-state index in [4.69, 9.17) is 0 Å². The maximum atomic E-state index is 14.6. The van der Waals surface area contributed by atoms with Gasteiger partial charge in [-0.1, -0.05) is 18.2 Å². The van der Waals surface area contributed by atoms with E-state index >= 15 is 0 Å². The smallest absolute Gasteiger partial charge is 0.344 e. The molecule has 5 rings (SSSR count). The largest absolute Gasteiger partial charge is 0.446 e. The lowest BCUT2D eigenvalue weighted by Crippen LogP contribution is -2.63. The highest BCUT2D eigenvalue weighted by Crippen LogP contribution is 2.55. The van der Waals surface area contributed by atoms with Crippen LogP contribution in [0, 0.1) is 17.8 Å². The van der Waals surface area contributed by atoms with Crippen molar-refractivity contribution in [2.24, 2.45) is 17.8 Å². The Balaban J connectivity index is 1.45. The number of Topliss-reactive ketones (excluding diaryl/α,β-unsaturated/α-hetero) is 1. The van der Waals surface area contributed by atoms with Crippen molar-refractivity contribution in [3.63, 3.8) is 0 Å². The Morgan fingerprint density at radius 3 is 2.00 bits per heavy atom. The second-order valence-corrected chi connectivity index (χ2v) is 11.0. The molecule has 4 bridgehead atoms. The Morgan fingerprint density at radius 1 is 0.970 bits per heavy atom. The predicted octanol–water partition coefficient (Wildman–Crippen LogP) is 3.91. The van der Waals surface area contributed by atoms with E-state index in [1.54, 1.807) is 0 Å². The molecule has 1 aromatic carbocycles. The Labute approximate surface area is 187 Å². The van der Waals surface area contributed by atoms with Gasteiger partial charge in [0, 0.05) is 11.1 Å². The standard InChI is InChI=1S/C21H22F5NO5S/c22-20(23,24)16-4-2-1-3-15(16)17(28)11-32-33(30,31)21(25,26)18(29)27-19-8-12-5-13(9-19)7-14(6-12)10-19/h1-4,12-14H,5-11H2,(H,27,29)/t12-,13+,14-,19?. The highest BCUT2D eigenvalue weighted by molar-refractivity contribution is 7.88. The number of alkyl halides is 5. The molecule has 0 aromatic heterocycles. The van der Waals surface area contributed by atoms with E-state index in [0.717, 1.165) is 37.5 Å². The molecule has 4 fully saturated rings. The molecule has 12 heteroatoms. The van der Waals surface area contributed by atoms with Crippen LogP contribution in [0.3, 0.4) is 0 Å². The summed E-state index contributed by atoms with van der Waals surface area (Å²) in [5.74, 6) is -2.63. The van der Waals surface area contributed by atoms with Crippen molar-refractivity contribution in [1.29, 1.82) is 0 Å². The first-order valence-corrected chi connectivity index (χ1v) is 11.9. The summed E-state index contributed by atoms with van der Waals surface area (Å²) in [6, 6.07) is 3.49. The number of benzene rings is 1. The summed E-state index contributed by atoms with van der Waals surface area (Å²) in [6.45, 7) is -1.60. The number of rotatable bonds is 7. The van der Waals surface area contributed by atoms with Crippen molar-refractivity contribution in [2.75, 3.05) is 6.61 Å². The first kappa shape index (κ1) is 24.1. The minimum atomic E-state index is -5.94. The lowest BCUT2D eigenvalue weighted by Gasteiger charge is -2.57. The SMILES string of the molecule is O=C(COS(=O)(=O)C(F)(F)C(=O)NC12C[C@H]3C[C@@H](C1)C[C@@H](C2)C3)c1ccccc1C(F)(F)F. The average molecular weight is 495 g/mol. The first-order valence-electron chi connectivity index (χ1n) is 10.5. The van der Waals surface area contributed by atoms with Gasteiger partial charge in [0.15, 0.2) is 5.78 Å². The lowest BCUT2D eigenvalue weighted by molar-refractivity contribution is -0.142. The summed E-state index contributed by atoms with van der Waals surface area (Å²) in [4.78, 5) is 24.5. The van der Waals surface area contributed by atoms with Gasteiger partial charge < -0.3 is 5.32 Å². The fraction of sp³-hybridized carbons (Fsp3) is 0.619. The molecule has 4 aliphatic carbocycles. The average Bonchev–Trinajstić information content (AvgIpc) is 2.70. The third-order valence-electron chi connectivity index (χ3n) is 6.87. The third-order valence-corrected chi connectivity index (χ3v) is 8.11. The molecule has 0 aliphatic heterocycles. The molecule has 0 spiro atoms. The van der Waals surface area contributed by atoms with Gasteiger partial charge >= 0.3 is 27.5 Å². The monoisotopic (exact) mass is 495 g/mol. The van der Waals surface area contributed by atoms with Crippen LogP contribution in [0.5, 0.6) is 0 Å². The van der Waals surface area contributed by atoms with Gasteiger partial charge in [-0.15, -0.1) is 0 Å². The molecule has 0 unspecified atom stereocenters. The van der Waals surface area contributed by atoms with Crippen molar-refractivity contribution >= 4 is 21.8 Å². The van der Waals surface area contributed by atoms with Gasteiger partial charge in [-0.3, -0.25) is 13.8 Å². The van der Waals surface area contributed by atoms with Crippen LogP contribution in [-0.4, -0.2) is 37.5 Å². The third kappa shape index (κ3) is 4.51. The Hall–Kier alpha value is -2.08. The molecule has 33 heavy (non-hydrogen) atoms. The van der Waals surface area contributed by atoms with Gasteiger partial charge in [0.1, 0.15) is 6.61 Å². The molecule has 4 aliphatic rings. The number of nitrogens with one attached hydrogen (secondary N) is 1. The Bertz CT molecular complexity index is 1030. The minimum absolute atomic E-state index is 0.296. The number of amides is 1. The second kappa shape index (κ2) is 8.00. The summed E-state index contributed by atoms with van der Waals surface area (Å²) in [5, 5.41) is -2.78. The van der Waals surface area contributed by atoms with E-state index in [9.17, 15) is 40.0 Å². The minimum Gasteiger partial charge on any atom is -0.344 e. The van der Waals surface area contributed by atoms with Gasteiger partial charge in [0.2, 0.25) is 0 Å². The Morgan fingerprint density at radius 2 is 1.48 bits per heavy atom. The zero-order chi connectivity index (χ0) is 24.2. The molecule has 0 heterocycles. The van der Waals surface area contributed by atoms with Gasteiger partial charge in [-0.2, -0.15) is 30.4 Å². The topological polar surface area (TPSA) is 89.5 Å². The molecule has 4 saturated carbocycles. The zero-order valence-corrected chi connectivity index (χ0v) is 18.1. The normalized spacial score (nSPS) is 29.2. The van der Waals surface area contributed by atoms with E-state index in [0.29, 0.717) is 43.1 Å². The summed E-state index contributed by atoms with van der Waals surface area (Å²) >= 11 is 0. The maximum Gasteiger partial charge on any atom is 0.446 e. The zero-order valence-electron chi connectivity index (χ0n) is 17.3. The molecule has 0 radical (unpaired) electrons. The molecule has 1 amide bonds. The summed E-state index contributed by atoms with van der Waals surface area (Å²) in [6.07, 6.45) is -0.540.